The van der Waals surface area contributed by atoms with Crippen molar-refractivity contribution in [2.45, 2.75) is 19.8 Å². The second-order valence-corrected chi connectivity index (χ2v) is 9.60. The van der Waals surface area contributed by atoms with Crippen LogP contribution in [0.4, 0.5) is 5.13 Å². The molecule has 0 saturated heterocycles. The van der Waals surface area contributed by atoms with E-state index in [1.807, 2.05) is 78.9 Å². The fourth-order valence-electron chi connectivity index (χ4n) is 4.21. The van der Waals surface area contributed by atoms with Crippen molar-refractivity contribution in [2.24, 2.45) is 0 Å². The fraction of sp³-hybridized carbons (Fsp3) is 0.0968. The summed E-state index contributed by atoms with van der Waals surface area (Å²) < 4.78 is 0. The molecule has 0 aliphatic carbocycles. The molecule has 5 aromatic rings. The Morgan fingerprint density at radius 1 is 0.714 bits per heavy atom. The molecular formula is C31H26N2OS. The zero-order valence-corrected chi connectivity index (χ0v) is 20.5. The topological polar surface area (TPSA) is 42.0 Å². The second-order valence-electron chi connectivity index (χ2n) is 8.61. The van der Waals surface area contributed by atoms with Gasteiger partial charge in [-0.25, -0.2) is 4.98 Å². The van der Waals surface area contributed by atoms with E-state index in [4.69, 9.17) is 4.98 Å². The molecule has 172 valence electrons. The van der Waals surface area contributed by atoms with E-state index < -0.39 is 5.92 Å². The molecule has 3 nitrogen and oxygen atoms in total. The van der Waals surface area contributed by atoms with Gasteiger partial charge in [-0.3, -0.25) is 4.79 Å². The Morgan fingerprint density at radius 3 is 1.86 bits per heavy atom. The van der Waals surface area contributed by atoms with Crippen molar-refractivity contribution >= 4 is 22.4 Å². The summed E-state index contributed by atoms with van der Waals surface area (Å²) in [5.41, 5.74) is 7.37. The van der Waals surface area contributed by atoms with Gasteiger partial charge in [0, 0.05) is 5.56 Å². The van der Waals surface area contributed by atoms with E-state index >= 15 is 0 Å². The van der Waals surface area contributed by atoms with Crippen molar-refractivity contribution in [1.29, 1.82) is 0 Å². The van der Waals surface area contributed by atoms with E-state index in [-0.39, 0.29) is 5.91 Å². The maximum Gasteiger partial charge on any atom is 0.238 e. The molecule has 1 aromatic heterocycles. The summed E-state index contributed by atoms with van der Waals surface area (Å²) in [6, 6.07) is 36.4. The Balaban J connectivity index is 1.55. The lowest BCUT2D eigenvalue weighted by atomic mass is 9.90. The number of aromatic nitrogens is 1. The zero-order chi connectivity index (χ0) is 24.2. The summed E-state index contributed by atoms with van der Waals surface area (Å²) >= 11 is 1.51. The highest BCUT2D eigenvalue weighted by atomic mass is 32.1. The molecule has 1 amide bonds. The van der Waals surface area contributed by atoms with Crippen LogP contribution in [0.2, 0.25) is 0 Å². The maximum absolute atomic E-state index is 13.7. The number of nitrogens with zero attached hydrogens (tertiary/aromatic N) is 1. The minimum Gasteiger partial charge on any atom is -0.301 e. The Hall–Kier alpha value is -4.02. The summed E-state index contributed by atoms with van der Waals surface area (Å²) in [4.78, 5) is 19.6. The molecule has 1 N–H and O–H groups in total. The number of amides is 1. The lowest BCUT2D eigenvalue weighted by Crippen LogP contribution is -2.22. The third-order valence-corrected chi connectivity index (χ3v) is 7.22. The monoisotopic (exact) mass is 474 g/mol. The van der Waals surface area contributed by atoms with Gasteiger partial charge in [-0.05, 0) is 47.7 Å². The van der Waals surface area contributed by atoms with E-state index in [2.05, 4.69) is 49.5 Å². The number of aryl methyl sites for hydroxylation is 2. The van der Waals surface area contributed by atoms with E-state index in [1.54, 1.807) is 0 Å². The van der Waals surface area contributed by atoms with Crippen molar-refractivity contribution < 1.29 is 4.79 Å². The molecule has 0 unspecified atom stereocenters. The quantitative estimate of drug-likeness (QED) is 0.272. The van der Waals surface area contributed by atoms with Gasteiger partial charge in [0.1, 0.15) is 0 Å². The molecular weight excluding hydrogens is 448 g/mol. The van der Waals surface area contributed by atoms with Crippen molar-refractivity contribution in [3.63, 3.8) is 0 Å². The molecule has 0 bridgehead atoms. The minimum atomic E-state index is -0.424. The van der Waals surface area contributed by atoms with Crippen molar-refractivity contribution in [3.8, 4) is 21.7 Å². The van der Waals surface area contributed by atoms with E-state index in [0.29, 0.717) is 5.13 Å². The first-order valence-corrected chi connectivity index (χ1v) is 12.5. The standard InChI is InChI=1S/C31H26N2OS/c1-21-18-19-26(20-22(21)2)28-29(25-16-10-5-11-17-25)35-31(32-28)33-30(34)27(23-12-6-3-7-13-23)24-14-8-4-9-15-24/h3-20,27H,1-2H3,(H,32,33,34). The van der Waals surface area contributed by atoms with E-state index in [0.717, 1.165) is 32.8 Å². The molecule has 0 fully saturated rings. The summed E-state index contributed by atoms with van der Waals surface area (Å²) in [7, 11) is 0. The number of carbonyl (C=O) groups excluding carboxylic acids is 1. The number of hydrogen-bond donors (Lipinski definition) is 1. The molecule has 35 heavy (non-hydrogen) atoms. The number of hydrogen-bond acceptors (Lipinski definition) is 3. The van der Waals surface area contributed by atoms with Crippen molar-refractivity contribution in [1.82, 2.24) is 4.98 Å². The van der Waals surface area contributed by atoms with Gasteiger partial charge in [-0.1, -0.05) is 114 Å². The molecule has 4 heteroatoms. The second kappa shape index (κ2) is 10.1. The molecule has 1 heterocycles. The van der Waals surface area contributed by atoms with Gasteiger partial charge in [0.25, 0.3) is 0 Å². The minimum absolute atomic E-state index is 0.0950. The highest BCUT2D eigenvalue weighted by Crippen LogP contribution is 2.40. The molecule has 0 radical (unpaired) electrons. The Morgan fingerprint density at radius 2 is 1.29 bits per heavy atom. The van der Waals surface area contributed by atoms with Crippen molar-refractivity contribution in [2.75, 3.05) is 5.32 Å². The van der Waals surface area contributed by atoms with Gasteiger partial charge >= 0.3 is 0 Å². The van der Waals surface area contributed by atoms with Gasteiger partial charge in [-0.2, -0.15) is 0 Å². The normalized spacial score (nSPS) is 10.9. The molecule has 0 aliphatic heterocycles. The van der Waals surface area contributed by atoms with Gasteiger partial charge in [-0.15, -0.1) is 0 Å². The first-order chi connectivity index (χ1) is 17.1. The lowest BCUT2D eigenvalue weighted by molar-refractivity contribution is -0.116. The van der Waals surface area contributed by atoms with Crippen LogP contribution in [-0.2, 0) is 4.79 Å². The van der Waals surface area contributed by atoms with Crippen LogP contribution in [0, 0.1) is 13.8 Å². The van der Waals surface area contributed by atoms with Gasteiger partial charge in [0.05, 0.1) is 16.5 Å². The summed E-state index contributed by atoms with van der Waals surface area (Å²) in [6.45, 7) is 4.22. The largest absolute Gasteiger partial charge is 0.301 e. The predicted octanol–water partition coefficient (Wildman–Crippen LogP) is 7.86. The van der Waals surface area contributed by atoms with Gasteiger partial charge in [0.2, 0.25) is 5.91 Å². The van der Waals surface area contributed by atoms with Crippen LogP contribution < -0.4 is 5.32 Å². The average Bonchev–Trinajstić information content (AvgIpc) is 3.31. The Labute approximate surface area is 210 Å². The van der Waals surface area contributed by atoms with Crippen LogP contribution in [0.3, 0.4) is 0 Å². The van der Waals surface area contributed by atoms with Gasteiger partial charge in [0.15, 0.2) is 5.13 Å². The Kier molecular flexibility index (Phi) is 6.55. The first kappa shape index (κ1) is 22.8. The van der Waals surface area contributed by atoms with Crippen LogP contribution >= 0.6 is 11.3 Å². The van der Waals surface area contributed by atoms with Gasteiger partial charge < -0.3 is 5.32 Å². The number of nitrogens with one attached hydrogen (secondary N) is 1. The zero-order valence-electron chi connectivity index (χ0n) is 19.7. The highest BCUT2D eigenvalue weighted by Gasteiger charge is 2.25. The van der Waals surface area contributed by atoms with Crippen LogP contribution in [0.5, 0.6) is 0 Å². The number of anilines is 1. The molecule has 0 spiro atoms. The smallest absolute Gasteiger partial charge is 0.238 e. The van der Waals surface area contributed by atoms with Crippen LogP contribution in [-0.4, -0.2) is 10.9 Å². The summed E-state index contributed by atoms with van der Waals surface area (Å²) in [5.74, 6) is -0.519. The van der Waals surface area contributed by atoms with Crippen LogP contribution in [0.25, 0.3) is 21.7 Å². The number of benzene rings is 4. The maximum atomic E-state index is 13.7. The number of carbonyl (C=O) groups is 1. The Bertz CT molecular complexity index is 1400. The highest BCUT2D eigenvalue weighted by molar-refractivity contribution is 7.19. The molecule has 0 aliphatic rings. The van der Waals surface area contributed by atoms with Crippen LogP contribution in [0.15, 0.2) is 109 Å². The molecule has 0 saturated carbocycles. The van der Waals surface area contributed by atoms with Crippen molar-refractivity contribution in [3.05, 3.63) is 131 Å². The summed E-state index contributed by atoms with van der Waals surface area (Å²) in [6.07, 6.45) is 0. The molecule has 4 aromatic carbocycles. The predicted molar refractivity (Wildman–Crippen MR) is 146 cm³/mol. The lowest BCUT2D eigenvalue weighted by Gasteiger charge is -2.17. The fourth-order valence-corrected chi connectivity index (χ4v) is 5.20. The van der Waals surface area contributed by atoms with E-state index in [1.165, 1.54) is 22.5 Å². The third-order valence-electron chi connectivity index (χ3n) is 6.20. The average molecular weight is 475 g/mol. The van der Waals surface area contributed by atoms with Crippen LogP contribution in [0.1, 0.15) is 28.2 Å². The first-order valence-electron chi connectivity index (χ1n) is 11.6. The molecule has 5 rings (SSSR count). The SMILES string of the molecule is Cc1ccc(-c2nc(NC(=O)C(c3ccccc3)c3ccccc3)sc2-c2ccccc2)cc1C. The number of rotatable bonds is 6. The van der Waals surface area contributed by atoms with E-state index in [9.17, 15) is 4.79 Å². The third kappa shape index (κ3) is 4.93. The molecule has 0 atom stereocenters. The summed E-state index contributed by atoms with van der Waals surface area (Å²) in [5, 5.41) is 3.73. The number of thiazole rings is 1.